The van der Waals surface area contributed by atoms with Crippen LogP contribution in [-0.4, -0.2) is 21.2 Å². The third-order valence-corrected chi connectivity index (χ3v) is 5.26. The molecule has 0 saturated carbocycles. The number of hydrogen-bond donors (Lipinski definition) is 1. The third-order valence-electron chi connectivity index (χ3n) is 4.00. The lowest BCUT2D eigenvalue weighted by atomic mass is 10.2. The fraction of sp³-hybridized carbons (Fsp3) is 0. The molecule has 0 atom stereocenters. The highest BCUT2D eigenvalue weighted by atomic mass is 35.5. The number of pyridine rings is 1. The summed E-state index contributed by atoms with van der Waals surface area (Å²) in [5.41, 5.74) is 1.73. The second kappa shape index (κ2) is 7.88. The van der Waals surface area contributed by atoms with Gasteiger partial charge in [-0.15, -0.1) is 0 Å². The monoisotopic (exact) mass is 407 g/mol. The van der Waals surface area contributed by atoms with Crippen molar-refractivity contribution in [1.29, 1.82) is 0 Å². The van der Waals surface area contributed by atoms with Crippen LogP contribution >= 0.6 is 23.4 Å². The molecule has 5 nitrogen and oxygen atoms in total. The van der Waals surface area contributed by atoms with Crippen LogP contribution in [-0.2, 0) is 4.79 Å². The second-order valence-corrected chi connectivity index (χ2v) is 7.22. The first-order valence-electron chi connectivity index (χ1n) is 8.40. The Balaban J connectivity index is 1.81. The maximum Gasteiger partial charge on any atom is 0.271 e. The number of hydrogen-bond acceptors (Lipinski definition) is 5. The minimum Gasteiger partial charge on any atom is -0.507 e. The van der Waals surface area contributed by atoms with E-state index >= 15 is 0 Å². The Hall–Kier alpha value is -3.09. The Bertz CT molecular complexity index is 1100. The summed E-state index contributed by atoms with van der Waals surface area (Å²) in [6, 6.07) is 19.6. The lowest BCUT2D eigenvalue weighted by molar-refractivity contribution is -0.113. The van der Waals surface area contributed by atoms with Gasteiger partial charge in [0.25, 0.3) is 5.91 Å². The number of carbonyl (C=O) groups excluding carboxylic acids is 1. The summed E-state index contributed by atoms with van der Waals surface area (Å²) in [5.74, 6) is -0.117. The first kappa shape index (κ1) is 18.3. The van der Waals surface area contributed by atoms with Crippen LogP contribution in [0.15, 0.2) is 82.8 Å². The first-order valence-corrected chi connectivity index (χ1v) is 9.59. The van der Waals surface area contributed by atoms with Gasteiger partial charge in [-0.05, 0) is 48.2 Å². The van der Waals surface area contributed by atoms with Gasteiger partial charge in [-0.3, -0.25) is 9.69 Å². The van der Waals surface area contributed by atoms with Crippen LogP contribution in [0, 0.1) is 0 Å². The number of thioether (sulfide) groups is 1. The minimum atomic E-state index is -0.224. The predicted octanol–water partition coefficient (Wildman–Crippen LogP) is 5.25. The van der Waals surface area contributed by atoms with Gasteiger partial charge in [-0.25, -0.2) is 9.98 Å². The molecule has 138 valence electrons. The van der Waals surface area contributed by atoms with E-state index in [0.717, 1.165) is 0 Å². The summed E-state index contributed by atoms with van der Waals surface area (Å²) in [5, 5.41) is 10.8. The number of anilines is 1. The number of amides is 1. The fourth-order valence-corrected chi connectivity index (χ4v) is 3.81. The van der Waals surface area contributed by atoms with Crippen molar-refractivity contribution in [1.82, 2.24) is 4.98 Å². The summed E-state index contributed by atoms with van der Waals surface area (Å²) in [4.78, 5) is 23.7. The van der Waals surface area contributed by atoms with Crippen molar-refractivity contribution < 1.29 is 9.90 Å². The largest absolute Gasteiger partial charge is 0.507 e. The van der Waals surface area contributed by atoms with Gasteiger partial charge in [0.2, 0.25) is 0 Å². The maximum absolute atomic E-state index is 13.1. The van der Waals surface area contributed by atoms with Crippen LogP contribution in [0.1, 0.15) is 5.56 Å². The van der Waals surface area contributed by atoms with Crippen LogP contribution in [0.3, 0.4) is 0 Å². The molecule has 3 aromatic rings. The molecule has 4 rings (SSSR count). The van der Waals surface area contributed by atoms with E-state index in [-0.39, 0.29) is 16.8 Å². The van der Waals surface area contributed by atoms with Gasteiger partial charge < -0.3 is 5.11 Å². The van der Waals surface area contributed by atoms with Gasteiger partial charge in [0.15, 0.2) is 10.3 Å². The minimum absolute atomic E-state index is 0.107. The zero-order chi connectivity index (χ0) is 19.5. The van der Waals surface area contributed by atoms with Crippen molar-refractivity contribution in [3.8, 4) is 5.75 Å². The van der Waals surface area contributed by atoms with Gasteiger partial charge in [-0.2, -0.15) is 0 Å². The van der Waals surface area contributed by atoms with Gasteiger partial charge in [0, 0.05) is 11.8 Å². The van der Waals surface area contributed by atoms with Gasteiger partial charge in [-0.1, -0.05) is 48.0 Å². The number of aromatic nitrogens is 1. The number of rotatable bonds is 3. The SMILES string of the molecule is O=C1/C(=C/c2ccccc2O)SC(=Nc2cccnc2Cl)N1c1ccccc1. The molecule has 1 aromatic heterocycles. The Morgan fingerprint density at radius 3 is 2.54 bits per heavy atom. The molecule has 28 heavy (non-hydrogen) atoms. The normalized spacial score (nSPS) is 16.9. The van der Waals surface area contributed by atoms with Gasteiger partial charge in [0.1, 0.15) is 11.4 Å². The molecule has 7 heteroatoms. The van der Waals surface area contributed by atoms with Crippen LogP contribution in [0.5, 0.6) is 5.75 Å². The number of aromatic hydroxyl groups is 1. The Morgan fingerprint density at radius 2 is 1.79 bits per heavy atom. The zero-order valence-corrected chi connectivity index (χ0v) is 16.1. The quantitative estimate of drug-likeness (QED) is 0.475. The summed E-state index contributed by atoms with van der Waals surface area (Å²) < 4.78 is 0. The molecule has 0 spiro atoms. The number of phenols is 1. The molecule has 0 aliphatic carbocycles. The van der Waals surface area contributed by atoms with E-state index in [9.17, 15) is 9.90 Å². The highest BCUT2D eigenvalue weighted by Gasteiger charge is 2.35. The molecular formula is C21H14ClN3O2S. The highest BCUT2D eigenvalue weighted by molar-refractivity contribution is 8.19. The zero-order valence-electron chi connectivity index (χ0n) is 14.5. The fourth-order valence-electron chi connectivity index (χ4n) is 2.67. The number of nitrogens with zero attached hydrogens (tertiary/aromatic N) is 3. The predicted molar refractivity (Wildman–Crippen MR) is 114 cm³/mol. The molecule has 1 aliphatic heterocycles. The van der Waals surface area contributed by atoms with Crippen molar-refractivity contribution in [3.05, 3.63) is 88.5 Å². The van der Waals surface area contributed by atoms with Crippen molar-refractivity contribution in [2.75, 3.05) is 4.90 Å². The average Bonchev–Trinajstić information content (AvgIpc) is 3.01. The number of benzene rings is 2. The second-order valence-electron chi connectivity index (χ2n) is 5.85. The number of aliphatic imine (C=N–C) groups is 1. The summed E-state index contributed by atoms with van der Waals surface area (Å²) >= 11 is 7.36. The lowest BCUT2D eigenvalue weighted by Gasteiger charge is -2.15. The molecule has 1 aliphatic rings. The number of halogens is 1. The topological polar surface area (TPSA) is 65.8 Å². The van der Waals surface area contributed by atoms with Crippen molar-refractivity contribution in [2.24, 2.45) is 4.99 Å². The van der Waals surface area contributed by atoms with Crippen LogP contribution < -0.4 is 4.90 Å². The standard InChI is InChI=1S/C21H14ClN3O2S/c22-19-16(10-6-12-23-19)24-21-25(15-8-2-1-3-9-15)20(27)18(28-21)13-14-7-4-5-11-17(14)26/h1-13,26H/b18-13-,24-21?. The van der Waals surface area contributed by atoms with Gasteiger partial charge in [0.05, 0.1) is 10.6 Å². The molecule has 1 N–H and O–H groups in total. The van der Waals surface area contributed by atoms with E-state index in [1.54, 1.807) is 48.7 Å². The van der Waals surface area contributed by atoms with Crippen molar-refractivity contribution >= 4 is 51.9 Å². The molecule has 0 unspecified atom stereocenters. The number of carbonyl (C=O) groups is 1. The van der Waals surface area contributed by atoms with Crippen LogP contribution in [0.2, 0.25) is 5.15 Å². The molecule has 2 heterocycles. The summed E-state index contributed by atoms with van der Waals surface area (Å²) in [7, 11) is 0. The number of amidine groups is 1. The molecule has 0 bridgehead atoms. The molecule has 2 aromatic carbocycles. The number of para-hydroxylation sites is 2. The highest BCUT2D eigenvalue weighted by Crippen LogP contribution is 2.38. The molecule has 0 radical (unpaired) electrons. The summed E-state index contributed by atoms with van der Waals surface area (Å²) in [6.45, 7) is 0. The van der Waals surface area contributed by atoms with E-state index < -0.39 is 0 Å². The third kappa shape index (κ3) is 3.65. The average molecular weight is 408 g/mol. The molecular weight excluding hydrogens is 394 g/mol. The van der Waals surface area contributed by atoms with Crippen molar-refractivity contribution in [2.45, 2.75) is 0 Å². The van der Waals surface area contributed by atoms with E-state index in [1.165, 1.54) is 16.7 Å². The summed E-state index contributed by atoms with van der Waals surface area (Å²) in [6.07, 6.45) is 3.24. The van der Waals surface area contributed by atoms with Crippen LogP contribution in [0.4, 0.5) is 11.4 Å². The van der Waals surface area contributed by atoms with Crippen LogP contribution in [0.25, 0.3) is 6.08 Å². The smallest absolute Gasteiger partial charge is 0.271 e. The molecule has 1 saturated heterocycles. The van der Waals surface area contributed by atoms with E-state index in [0.29, 0.717) is 27.0 Å². The Morgan fingerprint density at radius 1 is 1.04 bits per heavy atom. The van der Waals surface area contributed by atoms with E-state index in [4.69, 9.17) is 11.6 Å². The van der Waals surface area contributed by atoms with E-state index in [1.807, 2.05) is 30.3 Å². The van der Waals surface area contributed by atoms with E-state index in [2.05, 4.69) is 9.98 Å². The maximum atomic E-state index is 13.1. The number of phenolic OH excluding ortho intramolecular Hbond substituents is 1. The Labute approximate surface area is 171 Å². The molecule has 1 amide bonds. The lowest BCUT2D eigenvalue weighted by Crippen LogP contribution is -2.28. The van der Waals surface area contributed by atoms with Gasteiger partial charge >= 0.3 is 0 Å². The first-order chi connectivity index (χ1) is 13.6. The molecule has 1 fully saturated rings. The Kier molecular flexibility index (Phi) is 5.14. The van der Waals surface area contributed by atoms with Crippen molar-refractivity contribution in [3.63, 3.8) is 0 Å².